The fourth-order valence-corrected chi connectivity index (χ4v) is 4.32. The van der Waals surface area contributed by atoms with Crippen molar-refractivity contribution in [3.8, 4) is 0 Å². The van der Waals surface area contributed by atoms with E-state index in [2.05, 4.69) is 21.9 Å². The standard InChI is InChI=1S/C18H23Cl3N4S/c1-24-10-3-4-14(24)9-11-25-12-22-16(23-17(25)18(19,20)21)13-5-7-15(26-2)8-6-13/h5-8,12,14,17H,3-4,9-11H2,1-2H3. The molecule has 1 aromatic carbocycles. The molecule has 0 aliphatic carbocycles. The van der Waals surface area contributed by atoms with Crippen LogP contribution in [-0.4, -0.2) is 64.4 Å². The molecule has 4 nitrogen and oxygen atoms in total. The summed E-state index contributed by atoms with van der Waals surface area (Å²) >= 11 is 20.4. The highest BCUT2D eigenvalue weighted by Gasteiger charge is 2.38. The van der Waals surface area contributed by atoms with Crippen molar-refractivity contribution >= 4 is 58.7 Å². The van der Waals surface area contributed by atoms with Crippen molar-refractivity contribution in [2.75, 3.05) is 26.4 Å². The highest BCUT2D eigenvalue weighted by atomic mass is 35.6. The van der Waals surface area contributed by atoms with Gasteiger partial charge >= 0.3 is 0 Å². The van der Waals surface area contributed by atoms with E-state index in [0.29, 0.717) is 11.9 Å². The average molecular weight is 434 g/mol. The smallest absolute Gasteiger partial charge is 0.230 e. The molecule has 3 rings (SSSR count). The summed E-state index contributed by atoms with van der Waals surface area (Å²) in [5, 5.41) is 0. The molecule has 0 radical (unpaired) electrons. The van der Waals surface area contributed by atoms with Crippen molar-refractivity contribution in [2.45, 2.75) is 40.2 Å². The summed E-state index contributed by atoms with van der Waals surface area (Å²) in [7, 11) is 2.17. The number of amidine groups is 1. The minimum atomic E-state index is -1.52. The number of likely N-dealkylation sites (tertiary alicyclic amines) is 1. The van der Waals surface area contributed by atoms with Crippen molar-refractivity contribution in [3.05, 3.63) is 29.8 Å². The lowest BCUT2D eigenvalue weighted by Gasteiger charge is -2.35. The maximum Gasteiger partial charge on any atom is 0.230 e. The van der Waals surface area contributed by atoms with Crippen LogP contribution in [0, 0.1) is 0 Å². The van der Waals surface area contributed by atoms with Crippen LogP contribution in [0.4, 0.5) is 0 Å². The van der Waals surface area contributed by atoms with E-state index in [1.807, 2.05) is 35.4 Å². The van der Waals surface area contributed by atoms with Gasteiger partial charge in [-0.1, -0.05) is 46.9 Å². The quantitative estimate of drug-likeness (QED) is 0.499. The second-order valence-corrected chi connectivity index (χ2v) is 9.89. The molecular weight excluding hydrogens is 411 g/mol. The molecule has 0 aromatic heterocycles. The van der Waals surface area contributed by atoms with Gasteiger partial charge in [0.05, 0.1) is 6.34 Å². The summed E-state index contributed by atoms with van der Waals surface area (Å²) < 4.78 is -1.52. The first kappa shape index (κ1) is 20.3. The molecule has 142 valence electrons. The van der Waals surface area contributed by atoms with Gasteiger partial charge in [-0.3, -0.25) is 0 Å². The summed E-state index contributed by atoms with van der Waals surface area (Å²) in [6.45, 7) is 1.92. The Kier molecular flexibility index (Phi) is 6.78. The summed E-state index contributed by atoms with van der Waals surface area (Å²) in [6, 6.07) is 8.67. The van der Waals surface area contributed by atoms with Crippen LogP contribution in [-0.2, 0) is 0 Å². The van der Waals surface area contributed by atoms with E-state index in [9.17, 15) is 0 Å². The maximum atomic E-state index is 6.24. The van der Waals surface area contributed by atoms with Crippen LogP contribution in [0.2, 0.25) is 0 Å². The van der Waals surface area contributed by atoms with E-state index in [1.54, 1.807) is 18.1 Å². The first-order valence-electron chi connectivity index (χ1n) is 8.67. The van der Waals surface area contributed by atoms with Crippen LogP contribution in [0.25, 0.3) is 0 Å². The highest BCUT2D eigenvalue weighted by molar-refractivity contribution is 7.98. The number of aliphatic imine (C=N–C) groups is 2. The van der Waals surface area contributed by atoms with Crippen LogP contribution in [0.1, 0.15) is 24.8 Å². The lowest BCUT2D eigenvalue weighted by atomic mass is 10.1. The minimum Gasteiger partial charge on any atom is -0.337 e. The Labute approximate surface area is 174 Å². The van der Waals surface area contributed by atoms with Gasteiger partial charge in [0.25, 0.3) is 0 Å². The Morgan fingerprint density at radius 2 is 1.96 bits per heavy atom. The van der Waals surface area contributed by atoms with Crippen molar-refractivity contribution in [1.29, 1.82) is 0 Å². The average Bonchev–Trinajstić information content (AvgIpc) is 3.04. The zero-order chi connectivity index (χ0) is 18.7. The Morgan fingerprint density at radius 3 is 2.54 bits per heavy atom. The van der Waals surface area contributed by atoms with Gasteiger partial charge in [0.15, 0.2) is 12.0 Å². The molecule has 2 unspecified atom stereocenters. The lowest BCUT2D eigenvalue weighted by Crippen LogP contribution is -2.46. The molecule has 1 aromatic rings. The molecule has 1 saturated heterocycles. The largest absolute Gasteiger partial charge is 0.337 e. The molecule has 1 fully saturated rings. The Bertz CT molecular complexity index is 672. The zero-order valence-electron chi connectivity index (χ0n) is 14.9. The molecule has 0 spiro atoms. The minimum absolute atomic E-state index is 0.573. The molecular formula is C18H23Cl3N4S. The monoisotopic (exact) mass is 432 g/mol. The number of hydrogen-bond donors (Lipinski definition) is 0. The zero-order valence-corrected chi connectivity index (χ0v) is 18.0. The molecule has 0 saturated carbocycles. The van der Waals surface area contributed by atoms with Crippen LogP contribution in [0.3, 0.4) is 0 Å². The molecule has 0 bridgehead atoms. The SMILES string of the molecule is CSc1ccc(C2=NC(C(Cl)(Cl)Cl)N(CCC3CCCN3C)C=N2)cc1. The van der Waals surface area contributed by atoms with Crippen molar-refractivity contribution in [3.63, 3.8) is 0 Å². The third kappa shape index (κ3) is 4.87. The third-order valence-electron chi connectivity index (χ3n) is 4.92. The Hall–Kier alpha value is -0.460. The molecule has 0 N–H and O–H groups in total. The van der Waals surface area contributed by atoms with Gasteiger partial charge in [-0.25, -0.2) is 9.98 Å². The fraction of sp³-hybridized carbons (Fsp3) is 0.556. The number of nitrogens with zero attached hydrogens (tertiary/aromatic N) is 4. The van der Waals surface area contributed by atoms with Gasteiger partial charge in [0.2, 0.25) is 3.79 Å². The topological polar surface area (TPSA) is 31.2 Å². The number of thioether (sulfide) groups is 1. The molecule has 26 heavy (non-hydrogen) atoms. The van der Waals surface area contributed by atoms with Crippen molar-refractivity contribution in [1.82, 2.24) is 9.80 Å². The van der Waals surface area contributed by atoms with Crippen molar-refractivity contribution < 1.29 is 0 Å². The molecule has 2 heterocycles. The second-order valence-electron chi connectivity index (χ2n) is 6.64. The van der Waals surface area contributed by atoms with E-state index >= 15 is 0 Å². The number of rotatable bonds is 5. The second kappa shape index (κ2) is 8.70. The van der Waals surface area contributed by atoms with E-state index < -0.39 is 9.96 Å². The number of benzene rings is 1. The molecule has 8 heteroatoms. The number of alkyl halides is 3. The van der Waals surface area contributed by atoms with Crippen LogP contribution >= 0.6 is 46.6 Å². The summed E-state index contributed by atoms with van der Waals surface area (Å²) in [6.07, 6.45) is 6.71. The molecule has 2 aliphatic rings. The van der Waals surface area contributed by atoms with Gasteiger partial charge in [-0.15, -0.1) is 11.8 Å². The van der Waals surface area contributed by atoms with Gasteiger partial charge in [-0.05, 0) is 51.2 Å². The van der Waals surface area contributed by atoms with Crippen molar-refractivity contribution in [2.24, 2.45) is 9.98 Å². The van der Waals surface area contributed by atoms with Crippen LogP contribution in [0.15, 0.2) is 39.1 Å². The first-order chi connectivity index (χ1) is 12.4. The summed E-state index contributed by atoms with van der Waals surface area (Å²) in [4.78, 5) is 14.7. The van der Waals surface area contributed by atoms with Crippen LogP contribution < -0.4 is 0 Å². The van der Waals surface area contributed by atoms with E-state index in [4.69, 9.17) is 34.8 Å². The molecule has 2 aliphatic heterocycles. The lowest BCUT2D eigenvalue weighted by molar-refractivity contribution is 0.250. The number of hydrogen-bond acceptors (Lipinski definition) is 5. The summed E-state index contributed by atoms with van der Waals surface area (Å²) in [5.74, 6) is 0.600. The van der Waals surface area contributed by atoms with Gasteiger partial charge in [0, 0.05) is 23.0 Å². The first-order valence-corrected chi connectivity index (χ1v) is 11.0. The number of halogens is 3. The van der Waals surface area contributed by atoms with E-state index in [-0.39, 0.29) is 0 Å². The van der Waals surface area contributed by atoms with Gasteiger partial charge in [0.1, 0.15) is 0 Å². The predicted octanol–water partition coefficient (Wildman–Crippen LogP) is 4.68. The van der Waals surface area contributed by atoms with Crippen LogP contribution in [0.5, 0.6) is 0 Å². The van der Waals surface area contributed by atoms with E-state index in [1.165, 1.54) is 17.7 Å². The van der Waals surface area contributed by atoms with E-state index in [0.717, 1.165) is 25.1 Å². The maximum absolute atomic E-state index is 6.24. The fourth-order valence-electron chi connectivity index (χ4n) is 3.39. The van der Waals surface area contributed by atoms with Gasteiger partial charge < -0.3 is 9.80 Å². The molecule has 2 atom stereocenters. The summed E-state index contributed by atoms with van der Waals surface area (Å²) in [5.41, 5.74) is 0.925. The highest BCUT2D eigenvalue weighted by Crippen LogP contribution is 2.36. The van der Waals surface area contributed by atoms with Gasteiger partial charge in [-0.2, -0.15) is 0 Å². The third-order valence-corrected chi connectivity index (χ3v) is 6.25. The predicted molar refractivity (Wildman–Crippen MR) is 114 cm³/mol. The Balaban J connectivity index is 1.74. The molecule has 0 amide bonds. The normalized spacial score (nSPS) is 24.2. The Morgan fingerprint density at radius 1 is 1.23 bits per heavy atom.